The summed E-state index contributed by atoms with van der Waals surface area (Å²) in [5, 5.41) is 1.98. The lowest BCUT2D eigenvalue weighted by molar-refractivity contribution is 0.289. The fourth-order valence-electron chi connectivity index (χ4n) is 1.84. The number of nitrogens with two attached hydrogens (primary N) is 1. The van der Waals surface area contributed by atoms with E-state index >= 15 is 0 Å². The van der Waals surface area contributed by atoms with Gasteiger partial charge in [0.1, 0.15) is 6.61 Å². The predicted octanol–water partition coefficient (Wildman–Crippen LogP) is 3.75. The molecule has 1 heterocycles. The first-order chi connectivity index (χ1) is 9.20. The lowest BCUT2D eigenvalue weighted by Gasteiger charge is -2.14. The van der Waals surface area contributed by atoms with Crippen LogP contribution in [-0.4, -0.2) is 6.04 Å². The normalized spacial score (nSPS) is 12.4. The summed E-state index contributed by atoms with van der Waals surface area (Å²) in [4.78, 5) is 1.08. The quantitative estimate of drug-likeness (QED) is 0.874. The van der Waals surface area contributed by atoms with Crippen LogP contribution in [-0.2, 0) is 13.0 Å². The van der Waals surface area contributed by atoms with E-state index in [4.69, 9.17) is 10.5 Å². The zero-order valence-corrected chi connectivity index (χ0v) is 11.8. The molecule has 2 rings (SSSR count). The van der Waals surface area contributed by atoms with Crippen molar-refractivity contribution in [3.63, 3.8) is 0 Å². The predicted molar refractivity (Wildman–Crippen MR) is 77.0 cm³/mol. The Morgan fingerprint density at radius 2 is 2.16 bits per heavy atom. The largest absolute Gasteiger partial charge is 0.485 e. The first-order valence-corrected chi connectivity index (χ1v) is 7.26. The van der Waals surface area contributed by atoms with E-state index in [1.807, 2.05) is 30.5 Å². The van der Waals surface area contributed by atoms with Gasteiger partial charge in [-0.1, -0.05) is 25.1 Å². The first kappa shape index (κ1) is 14.0. The summed E-state index contributed by atoms with van der Waals surface area (Å²) in [5.41, 5.74) is 6.78. The van der Waals surface area contributed by atoms with Gasteiger partial charge in [0.05, 0.1) is 0 Å². The second-order valence-electron chi connectivity index (χ2n) is 4.47. The van der Waals surface area contributed by atoms with Crippen molar-refractivity contribution in [1.29, 1.82) is 0 Å². The number of halogens is 1. The molecule has 0 amide bonds. The van der Waals surface area contributed by atoms with Crippen LogP contribution < -0.4 is 10.5 Å². The minimum Gasteiger partial charge on any atom is -0.485 e. The van der Waals surface area contributed by atoms with Gasteiger partial charge in [-0.3, -0.25) is 0 Å². The number of thiophene rings is 1. The molecule has 2 nitrogen and oxygen atoms in total. The van der Waals surface area contributed by atoms with Crippen LogP contribution in [0, 0.1) is 5.82 Å². The van der Waals surface area contributed by atoms with Gasteiger partial charge in [0.15, 0.2) is 11.6 Å². The molecule has 2 aromatic rings. The zero-order valence-electron chi connectivity index (χ0n) is 10.9. The molecule has 0 fully saturated rings. The van der Waals surface area contributed by atoms with E-state index in [2.05, 4.69) is 0 Å². The molecule has 4 heteroatoms. The minimum atomic E-state index is -0.322. The van der Waals surface area contributed by atoms with Gasteiger partial charge in [0.25, 0.3) is 0 Å². The van der Waals surface area contributed by atoms with Crippen LogP contribution >= 0.6 is 11.3 Å². The molecular weight excluding hydrogens is 261 g/mol. The average Bonchev–Trinajstić information content (AvgIpc) is 2.91. The molecule has 19 heavy (non-hydrogen) atoms. The van der Waals surface area contributed by atoms with Gasteiger partial charge < -0.3 is 10.5 Å². The van der Waals surface area contributed by atoms with Gasteiger partial charge in [-0.15, -0.1) is 11.3 Å². The van der Waals surface area contributed by atoms with Crippen LogP contribution in [0.3, 0.4) is 0 Å². The van der Waals surface area contributed by atoms with Crippen LogP contribution in [0.15, 0.2) is 35.7 Å². The summed E-state index contributed by atoms with van der Waals surface area (Å²) in [5.74, 6) is 0.0113. The molecule has 0 bridgehead atoms. The number of ether oxygens (including phenoxy) is 1. The lowest BCUT2D eigenvalue weighted by Crippen LogP contribution is -2.21. The van der Waals surface area contributed by atoms with Crippen molar-refractivity contribution in [2.75, 3.05) is 0 Å². The molecule has 0 radical (unpaired) electrons. The van der Waals surface area contributed by atoms with Gasteiger partial charge in [-0.05, 0) is 35.9 Å². The lowest BCUT2D eigenvalue weighted by atomic mass is 10.0. The summed E-state index contributed by atoms with van der Waals surface area (Å²) in [6.45, 7) is 2.42. The number of hydrogen-bond acceptors (Lipinski definition) is 3. The molecule has 0 aliphatic carbocycles. The topological polar surface area (TPSA) is 35.2 Å². The molecule has 0 aliphatic rings. The molecule has 1 aromatic carbocycles. The number of para-hydroxylation sites is 1. The average molecular weight is 279 g/mol. The Bertz CT molecular complexity index is 513. The fourth-order valence-corrected chi connectivity index (χ4v) is 2.46. The molecule has 0 aliphatic heterocycles. The van der Waals surface area contributed by atoms with Gasteiger partial charge in [-0.25, -0.2) is 4.39 Å². The number of benzene rings is 1. The highest BCUT2D eigenvalue weighted by molar-refractivity contribution is 7.09. The Balaban J connectivity index is 2.13. The maximum Gasteiger partial charge on any atom is 0.165 e. The maximum absolute atomic E-state index is 13.9. The second-order valence-corrected chi connectivity index (χ2v) is 5.50. The van der Waals surface area contributed by atoms with E-state index in [9.17, 15) is 4.39 Å². The van der Waals surface area contributed by atoms with E-state index in [-0.39, 0.29) is 11.9 Å². The maximum atomic E-state index is 13.9. The SMILES string of the molecule is CCC(N)Cc1cccc(F)c1OCc1cccs1. The molecule has 1 aromatic heterocycles. The summed E-state index contributed by atoms with van der Waals surface area (Å²) in [7, 11) is 0. The van der Waals surface area contributed by atoms with Crippen molar-refractivity contribution in [1.82, 2.24) is 0 Å². The van der Waals surface area contributed by atoms with Crippen LogP contribution in [0.2, 0.25) is 0 Å². The Kier molecular flexibility index (Phi) is 4.93. The zero-order chi connectivity index (χ0) is 13.7. The highest BCUT2D eigenvalue weighted by Crippen LogP contribution is 2.25. The van der Waals surface area contributed by atoms with Gasteiger partial charge >= 0.3 is 0 Å². The van der Waals surface area contributed by atoms with Crippen molar-refractivity contribution in [3.05, 3.63) is 52.0 Å². The standard InChI is InChI=1S/C15H18FNOS/c1-2-12(17)9-11-5-3-7-14(16)15(11)18-10-13-6-4-8-19-13/h3-8,12H,2,9-10,17H2,1H3. The Morgan fingerprint density at radius 1 is 1.32 bits per heavy atom. The third-order valence-electron chi connectivity index (χ3n) is 2.99. The van der Waals surface area contributed by atoms with E-state index in [0.717, 1.165) is 16.9 Å². The van der Waals surface area contributed by atoms with Crippen LogP contribution in [0.4, 0.5) is 4.39 Å². The smallest absolute Gasteiger partial charge is 0.165 e. The van der Waals surface area contributed by atoms with Crippen LogP contribution in [0.25, 0.3) is 0 Å². The van der Waals surface area contributed by atoms with E-state index in [1.54, 1.807) is 17.4 Å². The number of hydrogen-bond donors (Lipinski definition) is 1. The minimum absolute atomic E-state index is 0.0332. The highest BCUT2D eigenvalue weighted by Gasteiger charge is 2.12. The van der Waals surface area contributed by atoms with Crippen molar-refractivity contribution in [2.45, 2.75) is 32.4 Å². The third-order valence-corrected chi connectivity index (χ3v) is 3.84. The van der Waals surface area contributed by atoms with Crippen molar-refractivity contribution < 1.29 is 9.13 Å². The molecule has 0 spiro atoms. The van der Waals surface area contributed by atoms with Crippen LogP contribution in [0.5, 0.6) is 5.75 Å². The summed E-state index contributed by atoms with van der Waals surface area (Å²) in [6, 6.07) is 8.96. The Labute approximate surface area is 117 Å². The summed E-state index contributed by atoms with van der Waals surface area (Å²) >= 11 is 1.60. The monoisotopic (exact) mass is 279 g/mol. The van der Waals surface area contributed by atoms with Gasteiger partial charge in [0, 0.05) is 10.9 Å². The molecule has 0 saturated carbocycles. The van der Waals surface area contributed by atoms with Crippen molar-refractivity contribution in [2.24, 2.45) is 5.73 Å². The van der Waals surface area contributed by atoms with E-state index in [0.29, 0.717) is 18.8 Å². The van der Waals surface area contributed by atoms with Crippen molar-refractivity contribution >= 4 is 11.3 Å². The molecule has 1 unspecified atom stereocenters. The number of rotatable bonds is 6. The fraction of sp³-hybridized carbons (Fsp3) is 0.333. The molecule has 2 N–H and O–H groups in total. The van der Waals surface area contributed by atoms with Crippen LogP contribution in [0.1, 0.15) is 23.8 Å². The molecular formula is C15H18FNOS. The van der Waals surface area contributed by atoms with E-state index in [1.165, 1.54) is 6.07 Å². The third kappa shape index (κ3) is 3.78. The molecule has 0 saturated heterocycles. The van der Waals surface area contributed by atoms with Gasteiger partial charge in [-0.2, -0.15) is 0 Å². The Hall–Kier alpha value is -1.39. The summed E-state index contributed by atoms with van der Waals surface area (Å²) < 4.78 is 19.5. The highest BCUT2D eigenvalue weighted by atomic mass is 32.1. The summed E-state index contributed by atoms with van der Waals surface area (Å²) in [6.07, 6.45) is 1.49. The molecule has 102 valence electrons. The molecule has 1 atom stereocenters. The Morgan fingerprint density at radius 3 is 2.84 bits per heavy atom. The van der Waals surface area contributed by atoms with Crippen molar-refractivity contribution in [3.8, 4) is 5.75 Å². The first-order valence-electron chi connectivity index (χ1n) is 6.39. The second kappa shape index (κ2) is 6.68. The van der Waals surface area contributed by atoms with Gasteiger partial charge in [0.2, 0.25) is 0 Å². The van der Waals surface area contributed by atoms with E-state index < -0.39 is 0 Å².